The molecule has 6 aromatic rings. The first-order chi connectivity index (χ1) is 58.3. The van der Waals surface area contributed by atoms with Gasteiger partial charge in [-0.05, 0) is 255 Å². The van der Waals surface area contributed by atoms with E-state index < -0.39 is 0 Å². The van der Waals surface area contributed by atoms with Crippen LogP contribution in [0.5, 0.6) is 0 Å². The maximum Gasteiger partial charge on any atom is 0.220 e. The van der Waals surface area contributed by atoms with E-state index in [1.54, 1.807) is 0 Å². The zero-order chi connectivity index (χ0) is 97.2. The topological polar surface area (TPSA) is 141 Å². The van der Waals surface area contributed by atoms with Gasteiger partial charge in [0.25, 0.3) is 0 Å². The lowest BCUT2D eigenvalue weighted by atomic mass is 9.82. The SMILES string of the molecule is CCCN(C)CCCCN(C)c1c(C(C)(C)C)c(=S)c1=O.CCCN(CC)CCCCN(C)c1c(C(C)(C)C)c(=S)c1=O.CCCN(CCC)CCCCN(C)c1c(C(C)(C)C)c(=S)c1=O.CCN(C)CCCCN(C)c1c(C(C)(C)C)c(=S)c1=O.CCN(CC)CCCCN(C)c1c(C(C)(C)C)c(=S)c1=O.CN(C)CCCCN(C)c1c(C(C)(C)C)c(=S)c1=O. The molecule has 720 valence electrons. The molecule has 0 saturated heterocycles. The maximum absolute atomic E-state index is 12.1. The molecular weight excluding hydrogens is 1680 g/mol. The Hall–Kier alpha value is -4.44. The molecule has 6 aromatic carbocycles. The lowest BCUT2D eigenvalue weighted by Crippen LogP contribution is -2.35. The Morgan fingerprint density at radius 1 is 0.198 bits per heavy atom. The van der Waals surface area contributed by atoms with Gasteiger partial charge in [0.2, 0.25) is 32.6 Å². The van der Waals surface area contributed by atoms with Gasteiger partial charge in [0.05, 0.1) is 61.2 Å². The molecule has 0 amide bonds. The van der Waals surface area contributed by atoms with Crippen molar-refractivity contribution in [3.63, 3.8) is 0 Å². The van der Waals surface area contributed by atoms with Gasteiger partial charge in [-0.2, -0.15) is 0 Å². The van der Waals surface area contributed by atoms with E-state index >= 15 is 0 Å². The fourth-order valence-electron chi connectivity index (χ4n) is 16.5. The van der Waals surface area contributed by atoms with E-state index in [4.69, 9.17) is 73.3 Å². The van der Waals surface area contributed by atoms with Gasteiger partial charge in [-0.1, -0.05) is 253 Å². The van der Waals surface area contributed by atoms with E-state index in [1.807, 2.05) is 42.3 Å². The summed E-state index contributed by atoms with van der Waals surface area (Å²) in [4.78, 5) is 99.1. The molecule has 0 spiro atoms. The minimum Gasteiger partial charge on any atom is -0.371 e. The van der Waals surface area contributed by atoms with Gasteiger partial charge in [0, 0.05) is 115 Å². The number of nitrogens with zero attached hydrogens (tertiary/aromatic N) is 12. The quantitative estimate of drug-likeness (QED) is 0.0264. The molecule has 0 N–H and O–H groups in total. The Kier molecular flexibility index (Phi) is 53.1. The third-order valence-electron chi connectivity index (χ3n) is 23.8. The summed E-state index contributed by atoms with van der Waals surface area (Å²) in [6.07, 6.45) is 18.5. The van der Waals surface area contributed by atoms with Crippen LogP contribution in [-0.4, -0.2) is 231 Å². The summed E-state index contributed by atoms with van der Waals surface area (Å²) in [6, 6.07) is 0. The van der Waals surface area contributed by atoms with Crippen molar-refractivity contribution in [2.75, 3.05) is 231 Å². The summed E-state index contributed by atoms with van der Waals surface area (Å²) in [5.74, 6) is 0. The van der Waals surface area contributed by atoms with Gasteiger partial charge >= 0.3 is 0 Å². The maximum atomic E-state index is 12.1. The second-order valence-corrected chi connectivity index (χ2v) is 44.3. The van der Waals surface area contributed by atoms with E-state index in [0.29, 0.717) is 27.1 Å². The van der Waals surface area contributed by atoms with Crippen LogP contribution in [0.15, 0.2) is 28.8 Å². The molecule has 126 heavy (non-hydrogen) atoms. The normalized spacial score (nSPS) is 12.3. The van der Waals surface area contributed by atoms with Gasteiger partial charge < -0.3 is 58.8 Å². The minimum absolute atomic E-state index is 0.0434. The summed E-state index contributed by atoms with van der Waals surface area (Å²) in [6.45, 7) is 77.3. The van der Waals surface area contributed by atoms with Crippen molar-refractivity contribution in [3.05, 3.63) is 122 Å². The monoisotopic (exact) mass is 1860 g/mol. The van der Waals surface area contributed by atoms with Crippen molar-refractivity contribution in [2.45, 2.75) is 315 Å². The third-order valence-corrected chi connectivity index (χ3v) is 26.1. The van der Waals surface area contributed by atoms with Crippen LogP contribution in [0, 0.1) is 27.1 Å². The zero-order valence-electron chi connectivity index (χ0n) is 86.7. The van der Waals surface area contributed by atoms with Crippen LogP contribution in [0.2, 0.25) is 0 Å². The first-order valence-electron chi connectivity index (χ1n) is 47.7. The van der Waals surface area contributed by atoms with Crippen LogP contribution in [-0.2, 0) is 32.5 Å². The molecular formula is C102H180N12O6S6. The summed E-state index contributed by atoms with van der Waals surface area (Å²) in [7, 11) is 20.5. The highest BCUT2D eigenvalue weighted by Crippen LogP contribution is 2.39. The van der Waals surface area contributed by atoms with Crippen LogP contribution < -0.4 is 62.0 Å². The van der Waals surface area contributed by atoms with Crippen molar-refractivity contribution in [2.24, 2.45) is 0 Å². The Bertz CT molecular complexity index is 4630. The minimum atomic E-state index is -0.0480. The van der Waals surface area contributed by atoms with Crippen LogP contribution in [0.3, 0.4) is 0 Å². The molecule has 0 heterocycles. The van der Waals surface area contributed by atoms with E-state index in [9.17, 15) is 28.8 Å². The van der Waals surface area contributed by atoms with Crippen molar-refractivity contribution < 1.29 is 0 Å². The first-order valence-corrected chi connectivity index (χ1v) is 50.2. The second kappa shape index (κ2) is 55.9. The molecule has 0 fully saturated rings. The van der Waals surface area contributed by atoms with Gasteiger partial charge in [-0.3, -0.25) is 28.8 Å². The van der Waals surface area contributed by atoms with Gasteiger partial charge in [0.15, 0.2) is 0 Å². The summed E-state index contributed by atoms with van der Waals surface area (Å²) < 4.78 is 3.21. The fourth-order valence-corrected chi connectivity index (χ4v) is 19.5. The lowest BCUT2D eigenvalue weighted by molar-refractivity contribution is 0.269. The largest absolute Gasteiger partial charge is 0.371 e. The number of rotatable bonds is 48. The summed E-state index contributed by atoms with van der Waals surface area (Å²) in [5.41, 5.74) is 11.5. The number of hydrogen-bond donors (Lipinski definition) is 0. The molecule has 0 aromatic heterocycles. The Morgan fingerprint density at radius 2 is 0.373 bits per heavy atom. The van der Waals surface area contributed by atoms with Crippen LogP contribution in [0.25, 0.3) is 0 Å². The number of hydrogen-bond acceptors (Lipinski definition) is 24. The third kappa shape index (κ3) is 36.8. The van der Waals surface area contributed by atoms with Gasteiger partial charge in [-0.25, -0.2) is 0 Å². The Morgan fingerprint density at radius 3 is 0.563 bits per heavy atom. The number of anilines is 6. The average Bonchev–Trinajstić information content (AvgIpc) is 0.781. The summed E-state index contributed by atoms with van der Waals surface area (Å²) in [5, 5.41) is 0. The predicted molar refractivity (Wildman–Crippen MR) is 569 cm³/mol. The molecule has 24 heteroatoms. The fraction of sp³-hybridized carbons (Fsp3) is 0.765. The molecule has 6 rings (SSSR count). The highest BCUT2D eigenvalue weighted by molar-refractivity contribution is 7.72. The zero-order valence-corrected chi connectivity index (χ0v) is 91.6. The molecule has 0 aliphatic heterocycles. The predicted octanol–water partition coefficient (Wildman–Crippen LogP) is 21.0. The molecule has 0 unspecified atom stereocenters. The van der Waals surface area contributed by atoms with Crippen LogP contribution >= 0.6 is 73.3 Å². The molecule has 0 radical (unpaired) electrons. The molecule has 0 aliphatic rings. The van der Waals surface area contributed by atoms with E-state index in [2.05, 4.69) is 267 Å². The lowest BCUT2D eigenvalue weighted by Gasteiger charge is -2.31. The summed E-state index contributed by atoms with van der Waals surface area (Å²) >= 11 is 31.4. The number of unbranched alkanes of at least 4 members (excludes halogenated alkanes) is 6. The standard InChI is InChI=1S/C19H34N2OS.C18H32N2OS.2C17H30N2OS.C16H28N2OS.C15H26N2OS/c1-7-11-21(12-8-2)14-10-9-13-20(6)16-15(19(3,4)5)18(23)17(16)22;1-7-11-20(8-2)13-10-9-12-19(6)15-14(18(3,4)5)17(22)16(15)21;1-7-10-18(5)11-8-9-12-19(6)14-13(17(2,3)4)16(21)15(14)20;1-7-19(8-2)12-10-9-11-18(6)14-13(17(3,4)5)16(21)15(14)20;1-7-17(5)10-8-9-11-18(6)13-12(16(2,3)4)15(20)14(13)19;1-15(2,3)11-12(13(18)14(11)19)17(6)10-8-7-9-16(4)5/h7-14H2,1-6H3;7-13H2,1-6H3;2*7-12H2,1-6H3;7-11H2,1-6H3;7-10H2,1-6H3. The second-order valence-electron chi connectivity index (χ2n) is 41.9. The van der Waals surface area contributed by atoms with Crippen LogP contribution in [0.4, 0.5) is 34.1 Å². The van der Waals surface area contributed by atoms with Crippen molar-refractivity contribution in [1.82, 2.24) is 29.4 Å². The Labute approximate surface area is 798 Å². The van der Waals surface area contributed by atoms with Gasteiger partial charge in [-0.15, -0.1) is 0 Å². The van der Waals surface area contributed by atoms with E-state index in [1.165, 1.54) is 64.6 Å². The average molecular weight is 1860 g/mol. The molecule has 0 atom stereocenters. The van der Waals surface area contributed by atoms with E-state index in [0.717, 1.165) is 237 Å². The molecule has 18 nitrogen and oxygen atoms in total. The van der Waals surface area contributed by atoms with Crippen LogP contribution in [0.1, 0.15) is 316 Å². The molecule has 0 aliphatic carbocycles. The molecule has 0 bridgehead atoms. The van der Waals surface area contributed by atoms with Crippen molar-refractivity contribution in [3.8, 4) is 0 Å². The van der Waals surface area contributed by atoms with E-state index in [-0.39, 0.29) is 65.1 Å². The Balaban J connectivity index is 0.000000757. The smallest absolute Gasteiger partial charge is 0.220 e. The van der Waals surface area contributed by atoms with Crippen molar-refractivity contribution >= 4 is 107 Å². The van der Waals surface area contributed by atoms with Crippen molar-refractivity contribution in [1.29, 1.82) is 0 Å². The highest BCUT2D eigenvalue weighted by Gasteiger charge is 2.36. The molecule has 0 saturated carbocycles. The van der Waals surface area contributed by atoms with Gasteiger partial charge in [0.1, 0.15) is 0 Å². The first kappa shape index (κ1) is 120. The highest BCUT2D eigenvalue weighted by atomic mass is 32.1.